The summed E-state index contributed by atoms with van der Waals surface area (Å²) < 4.78 is 24.9. The molecule has 0 radical (unpaired) electrons. The summed E-state index contributed by atoms with van der Waals surface area (Å²) in [5.41, 5.74) is 4.50. The van der Waals surface area contributed by atoms with Crippen molar-refractivity contribution in [3.63, 3.8) is 0 Å². The van der Waals surface area contributed by atoms with Gasteiger partial charge in [-0.2, -0.15) is 5.06 Å². The Balaban J connectivity index is 1.30. The van der Waals surface area contributed by atoms with Gasteiger partial charge >= 0.3 is 0 Å². The van der Waals surface area contributed by atoms with E-state index in [4.69, 9.17) is 23.8 Å². The monoisotopic (exact) mass is 539 g/mol. The highest BCUT2D eigenvalue weighted by atomic mass is 16.7. The number of methoxy groups -OCH3 is 1. The van der Waals surface area contributed by atoms with Crippen LogP contribution in [0.1, 0.15) is 22.3 Å². The van der Waals surface area contributed by atoms with Crippen LogP contribution in [-0.4, -0.2) is 43.4 Å². The lowest BCUT2D eigenvalue weighted by molar-refractivity contribution is -0.217. The molecule has 0 N–H and O–H groups in total. The molecule has 0 aliphatic carbocycles. The van der Waals surface area contributed by atoms with Crippen molar-refractivity contribution < 1.29 is 23.8 Å². The molecule has 1 aliphatic rings. The Labute approximate surface area is 237 Å². The maximum Gasteiger partial charge on any atom is 0.186 e. The first-order valence-electron chi connectivity index (χ1n) is 13.7. The second kappa shape index (κ2) is 14.9. The maximum atomic E-state index is 6.48. The van der Waals surface area contributed by atoms with Crippen molar-refractivity contribution in [2.45, 2.75) is 50.9 Å². The van der Waals surface area contributed by atoms with Crippen LogP contribution in [0.4, 0.5) is 0 Å². The maximum absolute atomic E-state index is 6.48. The summed E-state index contributed by atoms with van der Waals surface area (Å²) in [6.45, 7) is 2.44. The number of rotatable bonds is 14. The highest BCUT2D eigenvalue weighted by molar-refractivity contribution is 5.17. The summed E-state index contributed by atoms with van der Waals surface area (Å²) >= 11 is 0. The van der Waals surface area contributed by atoms with E-state index in [1.54, 1.807) is 7.11 Å². The average Bonchev–Trinajstić information content (AvgIpc) is 3.36. The fourth-order valence-corrected chi connectivity index (χ4v) is 4.83. The second-order valence-electron chi connectivity index (χ2n) is 9.87. The van der Waals surface area contributed by atoms with Gasteiger partial charge in [0.15, 0.2) is 6.29 Å². The third kappa shape index (κ3) is 8.08. The van der Waals surface area contributed by atoms with E-state index in [2.05, 4.69) is 36.4 Å². The van der Waals surface area contributed by atoms with E-state index in [0.29, 0.717) is 32.9 Å². The molecule has 4 aromatic rings. The minimum atomic E-state index is -0.574. The quantitative estimate of drug-likeness (QED) is 0.179. The van der Waals surface area contributed by atoms with Crippen molar-refractivity contribution in [3.05, 3.63) is 144 Å². The number of benzene rings is 4. The molecule has 6 heteroatoms. The third-order valence-electron chi connectivity index (χ3n) is 6.90. The number of nitrogens with zero attached hydrogens (tertiary/aromatic N) is 1. The molecule has 5 rings (SSSR count). The normalized spacial score (nSPS) is 20.6. The summed E-state index contributed by atoms with van der Waals surface area (Å²) in [6.07, 6.45) is -1.76. The Morgan fingerprint density at radius 2 is 1.00 bits per heavy atom. The van der Waals surface area contributed by atoms with Gasteiger partial charge in [-0.15, -0.1) is 0 Å². The van der Waals surface area contributed by atoms with E-state index in [-0.39, 0.29) is 12.2 Å². The van der Waals surface area contributed by atoms with E-state index in [1.165, 1.54) is 11.1 Å². The molecule has 0 aromatic heterocycles. The van der Waals surface area contributed by atoms with Gasteiger partial charge in [0.2, 0.25) is 0 Å². The van der Waals surface area contributed by atoms with Crippen LogP contribution < -0.4 is 0 Å². The third-order valence-corrected chi connectivity index (χ3v) is 6.90. The first kappa shape index (κ1) is 28.2. The van der Waals surface area contributed by atoms with Gasteiger partial charge in [-0.05, 0) is 22.3 Å². The predicted molar refractivity (Wildman–Crippen MR) is 154 cm³/mol. The minimum Gasteiger partial charge on any atom is -0.368 e. The Morgan fingerprint density at radius 1 is 0.575 bits per heavy atom. The molecule has 0 bridgehead atoms. The zero-order valence-corrected chi connectivity index (χ0v) is 22.9. The fourth-order valence-electron chi connectivity index (χ4n) is 4.83. The van der Waals surface area contributed by atoms with E-state index in [1.807, 2.05) is 90.0 Å². The van der Waals surface area contributed by atoms with E-state index in [0.717, 1.165) is 11.1 Å². The van der Waals surface area contributed by atoms with Gasteiger partial charge in [-0.1, -0.05) is 121 Å². The Bertz CT molecular complexity index is 1200. The van der Waals surface area contributed by atoms with Gasteiger partial charge in [0.05, 0.1) is 19.8 Å². The number of hydrogen-bond donors (Lipinski definition) is 0. The van der Waals surface area contributed by atoms with Crippen molar-refractivity contribution in [2.24, 2.45) is 0 Å². The SMILES string of the molecule is CO[C@@H]1O[C@H](CON(Cc2ccccc2)Cc2ccccc2)C(OCc2ccccc2)C1OCc1ccccc1. The summed E-state index contributed by atoms with van der Waals surface area (Å²) in [7, 11) is 1.64. The lowest BCUT2D eigenvalue weighted by atomic mass is 10.1. The van der Waals surface area contributed by atoms with Gasteiger partial charge in [-0.25, -0.2) is 0 Å². The van der Waals surface area contributed by atoms with E-state index >= 15 is 0 Å². The van der Waals surface area contributed by atoms with Crippen LogP contribution in [0.2, 0.25) is 0 Å². The van der Waals surface area contributed by atoms with Crippen molar-refractivity contribution in [3.8, 4) is 0 Å². The average molecular weight is 540 g/mol. The summed E-state index contributed by atoms with van der Waals surface area (Å²) in [6, 6.07) is 40.9. The standard InChI is InChI=1S/C34H37NO5/c1-36-34-33(38-25-30-20-12-5-13-21-30)32(37-24-29-18-10-4-11-19-29)31(40-34)26-39-35(22-27-14-6-2-7-15-27)23-28-16-8-3-9-17-28/h2-21,31-34H,22-26H2,1H3/t31-,32?,33?,34-/m1/s1. The van der Waals surface area contributed by atoms with Crippen molar-refractivity contribution >= 4 is 0 Å². The summed E-state index contributed by atoms with van der Waals surface area (Å²) in [4.78, 5) is 6.44. The molecule has 208 valence electrons. The summed E-state index contributed by atoms with van der Waals surface area (Å²) in [5, 5.41) is 1.97. The lowest BCUT2D eigenvalue weighted by Crippen LogP contribution is -2.40. The van der Waals surface area contributed by atoms with Crippen LogP contribution in [0.3, 0.4) is 0 Å². The highest BCUT2D eigenvalue weighted by Gasteiger charge is 2.47. The number of hydroxylamine groups is 2. The van der Waals surface area contributed by atoms with Crippen LogP contribution in [-0.2, 0) is 50.1 Å². The number of hydrogen-bond acceptors (Lipinski definition) is 6. The Kier molecular flexibility index (Phi) is 10.5. The van der Waals surface area contributed by atoms with Gasteiger partial charge in [0.1, 0.15) is 18.3 Å². The molecular weight excluding hydrogens is 502 g/mol. The van der Waals surface area contributed by atoms with Gasteiger partial charge in [0, 0.05) is 20.2 Å². The lowest BCUT2D eigenvalue weighted by Gasteiger charge is -2.27. The fraction of sp³-hybridized carbons (Fsp3) is 0.294. The minimum absolute atomic E-state index is 0.296. The van der Waals surface area contributed by atoms with Crippen LogP contribution >= 0.6 is 0 Å². The molecule has 1 saturated heterocycles. The Hall–Kier alpha value is -3.36. The van der Waals surface area contributed by atoms with Crippen molar-refractivity contribution in [1.82, 2.24) is 5.06 Å². The first-order chi connectivity index (χ1) is 19.8. The largest absolute Gasteiger partial charge is 0.368 e. The molecule has 40 heavy (non-hydrogen) atoms. The first-order valence-corrected chi connectivity index (χ1v) is 13.7. The molecule has 4 atom stereocenters. The zero-order chi connectivity index (χ0) is 27.4. The van der Waals surface area contributed by atoms with Crippen LogP contribution in [0.25, 0.3) is 0 Å². The molecule has 2 unspecified atom stereocenters. The molecule has 0 spiro atoms. The van der Waals surface area contributed by atoms with Gasteiger partial charge in [-0.3, -0.25) is 4.84 Å². The molecule has 1 heterocycles. The zero-order valence-electron chi connectivity index (χ0n) is 22.9. The molecule has 1 fully saturated rings. The van der Waals surface area contributed by atoms with Crippen LogP contribution in [0, 0.1) is 0 Å². The molecular formula is C34H37NO5. The van der Waals surface area contributed by atoms with Crippen molar-refractivity contribution in [1.29, 1.82) is 0 Å². The molecule has 4 aromatic carbocycles. The smallest absolute Gasteiger partial charge is 0.186 e. The summed E-state index contributed by atoms with van der Waals surface area (Å²) in [5.74, 6) is 0. The van der Waals surface area contributed by atoms with E-state index < -0.39 is 12.4 Å². The van der Waals surface area contributed by atoms with Crippen LogP contribution in [0.5, 0.6) is 0 Å². The predicted octanol–water partition coefficient (Wildman–Crippen LogP) is 6.16. The van der Waals surface area contributed by atoms with Crippen molar-refractivity contribution in [2.75, 3.05) is 13.7 Å². The molecule has 1 aliphatic heterocycles. The van der Waals surface area contributed by atoms with Gasteiger partial charge in [0.25, 0.3) is 0 Å². The topological polar surface area (TPSA) is 49.4 Å². The van der Waals surface area contributed by atoms with E-state index in [9.17, 15) is 0 Å². The highest BCUT2D eigenvalue weighted by Crippen LogP contribution is 2.30. The molecule has 6 nitrogen and oxygen atoms in total. The Morgan fingerprint density at radius 3 is 1.45 bits per heavy atom. The van der Waals surface area contributed by atoms with Crippen LogP contribution in [0.15, 0.2) is 121 Å². The number of ether oxygens (including phenoxy) is 4. The molecule has 0 saturated carbocycles. The molecule has 0 amide bonds. The van der Waals surface area contributed by atoms with Gasteiger partial charge < -0.3 is 18.9 Å². The second-order valence-corrected chi connectivity index (χ2v) is 9.87.